The Balaban J connectivity index is 2.61. The fourth-order valence-corrected chi connectivity index (χ4v) is 1.73. The van der Waals surface area contributed by atoms with E-state index < -0.39 is 12.0 Å². The summed E-state index contributed by atoms with van der Waals surface area (Å²) in [6, 6.07) is 1.89. The van der Waals surface area contributed by atoms with Crippen LogP contribution in [0.4, 0.5) is 0 Å². The van der Waals surface area contributed by atoms with Crippen LogP contribution < -0.4 is 5.73 Å². The number of fused-ring (bicyclic) bond motifs is 1. The molecular weight excluding hydrogens is 232 g/mol. The van der Waals surface area contributed by atoms with Gasteiger partial charge in [-0.3, -0.25) is 4.79 Å². The molecule has 1 unspecified atom stereocenters. The summed E-state index contributed by atoms with van der Waals surface area (Å²) in [6.45, 7) is 1.70. The van der Waals surface area contributed by atoms with Gasteiger partial charge in [-0.1, -0.05) is 11.6 Å². The Morgan fingerprint density at radius 1 is 1.62 bits per heavy atom. The number of carbonyl (C=O) groups is 1. The van der Waals surface area contributed by atoms with Crippen LogP contribution in [0.1, 0.15) is 17.5 Å². The van der Waals surface area contributed by atoms with Crippen molar-refractivity contribution in [2.45, 2.75) is 13.0 Å². The van der Waals surface area contributed by atoms with Crippen molar-refractivity contribution in [3.63, 3.8) is 0 Å². The molecule has 16 heavy (non-hydrogen) atoms. The molecule has 1 aromatic heterocycles. The van der Waals surface area contributed by atoms with Crippen LogP contribution in [0.2, 0.25) is 5.02 Å². The van der Waals surface area contributed by atoms with E-state index in [0.29, 0.717) is 22.6 Å². The molecule has 0 fully saturated rings. The van der Waals surface area contributed by atoms with Crippen LogP contribution in [0.3, 0.4) is 0 Å². The van der Waals surface area contributed by atoms with Crippen molar-refractivity contribution in [2.24, 2.45) is 5.73 Å². The van der Waals surface area contributed by atoms with E-state index in [-0.39, 0.29) is 5.02 Å². The molecule has 0 aliphatic heterocycles. The van der Waals surface area contributed by atoms with Crippen molar-refractivity contribution in [1.29, 1.82) is 0 Å². The summed E-state index contributed by atoms with van der Waals surface area (Å²) in [5, 5.41) is 9.08. The number of hydrogen-bond donors (Lipinski definition) is 2. The normalized spacial score (nSPS) is 12.9. The van der Waals surface area contributed by atoms with Crippen molar-refractivity contribution in [3.05, 3.63) is 28.6 Å². The van der Waals surface area contributed by atoms with Crippen molar-refractivity contribution >= 4 is 28.7 Å². The smallest absolute Gasteiger partial charge is 0.325 e. The molecule has 0 bridgehead atoms. The minimum atomic E-state index is -1.16. The number of aryl methyl sites for hydroxylation is 1. The highest BCUT2D eigenvalue weighted by Gasteiger charge is 2.19. The maximum Gasteiger partial charge on any atom is 0.325 e. The van der Waals surface area contributed by atoms with E-state index >= 15 is 0 Å². The Hall–Kier alpha value is -1.59. The lowest BCUT2D eigenvalue weighted by atomic mass is 10.1. The van der Waals surface area contributed by atoms with Gasteiger partial charge in [-0.05, 0) is 12.1 Å². The molecule has 3 N–H and O–H groups in total. The zero-order valence-electron chi connectivity index (χ0n) is 8.40. The maximum absolute atomic E-state index is 10.8. The van der Waals surface area contributed by atoms with Gasteiger partial charge >= 0.3 is 5.97 Å². The molecule has 1 aromatic carbocycles. The number of rotatable bonds is 2. The number of nitrogens with zero attached hydrogens (tertiary/aromatic N) is 1. The number of nitrogens with two attached hydrogens (primary N) is 1. The molecule has 0 saturated heterocycles. The van der Waals surface area contributed by atoms with E-state index in [9.17, 15) is 4.79 Å². The summed E-state index contributed by atoms with van der Waals surface area (Å²) in [7, 11) is 0. The van der Waals surface area contributed by atoms with Crippen LogP contribution in [0.25, 0.3) is 11.1 Å². The molecule has 6 heteroatoms. The summed E-state index contributed by atoms with van der Waals surface area (Å²) in [4.78, 5) is 14.8. The second kappa shape index (κ2) is 3.77. The van der Waals surface area contributed by atoms with E-state index in [1.165, 1.54) is 6.07 Å². The number of halogens is 1. The van der Waals surface area contributed by atoms with Crippen molar-refractivity contribution in [1.82, 2.24) is 4.98 Å². The van der Waals surface area contributed by atoms with Crippen molar-refractivity contribution < 1.29 is 14.3 Å². The minimum absolute atomic E-state index is 0.274. The average Bonchev–Trinajstić information content (AvgIpc) is 2.54. The number of oxazole rings is 1. The fraction of sp³-hybridized carbons (Fsp3) is 0.200. The second-order valence-electron chi connectivity index (χ2n) is 3.39. The topological polar surface area (TPSA) is 89.3 Å². The third kappa shape index (κ3) is 1.75. The summed E-state index contributed by atoms with van der Waals surface area (Å²) >= 11 is 5.93. The standard InChI is InChI=1S/C10H9ClN2O3/c1-4-13-7-3-6(11)5(2-8(7)16-4)9(12)10(14)15/h2-3,9H,12H2,1H3,(H,14,15). The number of aromatic nitrogens is 1. The molecule has 0 amide bonds. The first kappa shape index (κ1) is 10.9. The van der Waals surface area contributed by atoms with Gasteiger partial charge in [-0.15, -0.1) is 0 Å². The fourth-order valence-electron chi connectivity index (χ4n) is 1.45. The van der Waals surface area contributed by atoms with Crippen LogP contribution in [-0.2, 0) is 4.79 Å². The van der Waals surface area contributed by atoms with Crippen LogP contribution >= 0.6 is 11.6 Å². The number of benzene rings is 1. The molecule has 0 radical (unpaired) electrons. The lowest BCUT2D eigenvalue weighted by Gasteiger charge is -2.08. The third-order valence-corrected chi connectivity index (χ3v) is 2.54. The van der Waals surface area contributed by atoms with Crippen molar-refractivity contribution in [2.75, 3.05) is 0 Å². The Kier molecular flexibility index (Phi) is 2.57. The lowest BCUT2D eigenvalue weighted by Crippen LogP contribution is -2.20. The lowest BCUT2D eigenvalue weighted by molar-refractivity contribution is -0.138. The van der Waals surface area contributed by atoms with Gasteiger partial charge in [-0.2, -0.15) is 0 Å². The third-order valence-electron chi connectivity index (χ3n) is 2.21. The second-order valence-corrected chi connectivity index (χ2v) is 3.80. The molecule has 2 rings (SSSR count). The summed E-state index contributed by atoms with van der Waals surface area (Å²) in [5.41, 5.74) is 6.87. The molecular formula is C10H9ClN2O3. The minimum Gasteiger partial charge on any atom is -0.480 e. The van der Waals surface area contributed by atoms with Crippen LogP contribution in [0.5, 0.6) is 0 Å². The number of carboxylic acids is 1. The summed E-state index contributed by atoms with van der Waals surface area (Å²) in [6.07, 6.45) is 0. The summed E-state index contributed by atoms with van der Waals surface area (Å²) < 4.78 is 5.28. The number of carboxylic acid groups (broad SMARTS) is 1. The zero-order valence-corrected chi connectivity index (χ0v) is 9.15. The Bertz CT molecular complexity index is 564. The highest BCUT2D eigenvalue weighted by Crippen LogP contribution is 2.28. The van der Waals surface area contributed by atoms with E-state index in [0.717, 1.165) is 0 Å². The first-order valence-electron chi connectivity index (χ1n) is 4.54. The molecule has 1 atom stereocenters. The quantitative estimate of drug-likeness (QED) is 0.837. The highest BCUT2D eigenvalue weighted by atomic mass is 35.5. The van der Waals surface area contributed by atoms with E-state index in [1.807, 2.05) is 0 Å². The highest BCUT2D eigenvalue weighted by molar-refractivity contribution is 6.32. The predicted octanol–water partition coefficient (Wildman–Crippen LogP) is 1.87. The Morgan fingerprint density at radius 2 is 2.31 bits per heavy atom. The van der Waals surface area contributed by atoms with Gasteiger partial charge in [0.05, 0.1) is 0 Å². The SMILES string of the molecule is Cc1nc2cc(Cl)c(C(N)C(=O)O)cc2o1. The zero-order chi connectivity index (χ0) is 11.9. The number of hydrogen-bond acceptors (Lipinski definition) is 4. The molecule has 0 aliphatic carbocycles. The average molecular weight is 241 g/mol. The van der Waals surface area contributed by atoms with E-state index in [2.05, 4.69) is 4.98 Å². The molecule has 84 valence electrons. The van der Waals surface area contributed by atoms with Gasteiger partial charge in [-0.25, -0.2) is 4.98 Å². The predicted molar refractivity (Wildman–Crippen MR) is 58.3 cm³/mol. The van der Waals surface area contributed by atoms with Crippen molar-refractivity contribution in [3.8, 4) is 0 Å². The largest absolute Gasteiger partial charge is 0.480 e. The molecule has 1 heterocycles. The molecule has 5 nitrogen and oxygen atoms in total. The Morgan fingerprint density at radius 3 is 2.94 bits per heavy atom. The van der Waals surface area contributed by atoms with Crippen LogP contribution in [0, 0.1) is 6.92 Å². The maximum atomic E-state index is 10.8. The molecule has 0 spiro atoms. The van der Waals surface area contributed by atoms with Gasteiger partial charge in [0.15, 0.2) is 11.5 Å². The van der Waals surface area contributed by atoms with Gasteiger partial charge in [0.2, 0.25) is 0 Å². The van der Waals surface area contributed by atoms with Gasteiger partial charge in [0, 0.05) is 17.5 Å². The molecule has 2 aromatic rings. The molecule has 0 saturated carbocycles. The monoisotopic (exact) mass is 240 g/mol. The van der Waals surface area contributed by atoms with Gasteiger partial charge in [0.1, 0.15) is 11.6 Å². The summed E-state index contributed by atoms with van der Waals surface area (Å²) in [5.74, 6) is -0.649. The van der Waals surface area contributed by atoms with Crippen LogP contribution in [-0.4, -0.2) is 16.1 Å². The first-order chi connectivity index (χ1) is 7.49. The van der Waals surface area contributed by atoms with Gasteiger partial charge < -0.3 is 15.3 Å². The van der Waals surface area contributed by atoms with Gasteiger partial charge in [0.25, 0.3) is 0 Å². The van der Waals surface area contributed by atoms with Crippen LogP contribution in [0.15, 0.2) is 16.5 Å². The number of aliphatic carboxylic acids is 1. The molecule has 0 aliphatic rings. The van der Waals surface area contributed by atoms with E-state index in [1.54, 1.807) is 13.0 Å². The Labute approximate surface area is 95.8 Å². The first-order valence-corrected chi connectivity index (χ1v) is 4.92. The van der Waals surface area contributed by atoms with E-state index in [4.69, 9.17) is 26.9 Å².